The van der Waals surface area contributed by atoms with Gasteiger partial charge in [0.25, 0.3) is 0 Å². The predicted octanol–water partition coefficient (Wildman–Crippen LogP) is 3.48. The molecule has 0 heterocycles. The molecule has 26 heavy (non-hydrogen) atoms. The highest BCUT2D eigenvalue weighted by molar-refractivity contribution is 5.27. The van der Waals surface area contributed by atoms with Crippen LogP contribution in [0.5, 0.6) is 5.75 Å². The molecule has 1 saturated carbocycles. The zero-order chi connectivity index (χ0) is 18.2. The van der Waals surface area contributed by atoms with Crippen LogP contribution in [0.2, 0.25) is 0 Å². The number of methoxy groups -OCH3 is 1. The fourth-order valence-corrected chi connectivity index (χ4v) is 3.10. The van der Waals surface area contributed by atoms with Gasteiger partial charge in [0, 0.05) is 19.6 Å². The quantitative estimate of drug-likeness (QED) is 0.670. The summed E-state index contributed by atoms with van der Waals surface area (Å²) in [5, 5.41) is 10.4. The first-order valence-corrected chi connectivity index (χ1v) is 9.38. The van der Waals surface area contributed by atoms with Gasteiger partial charge in [0.05, 0.1) is 26.4 Å². The molecule has 1 aliphatic carbocycles. The van der Waals surface area contributed by atoms with E-state index >= 15 is 0 Å². The average Bonchev–Trinajstić information content (AvgIpc) is 3.47. The Morgan fingerprint density at radius 2 is 1.77 bits per heavy atom. The van der Waals surface area contributed by atoms with Crippen LogP contribution in [-0.2, 0) is 17.9 Å². The minimum Gasteiger partial charge on any atom is -0.497 e. The Morgan fingerprint density at radius 1 is 1.04 bits per heavy atom. The van der Waals surface area contributed by atoms with Gasteiger partial charge in [0.2, 0.25) is 0 Å². The van der Waals surface area contributed by atoms with Gasteiger partial charge in [-0.05, 0) is 42.0 Å². The van der Waals surface area contributed by atoms with Crippen LogP contribution >= 0.6 is 0 Å². The lowest BCUT2D eigenvalue weighted by Gasteiger charge is -2.25. The van der Waals surface area contributed by atoms with Crippen molar-refractivity contribution in [2.24, 2.45) is 5.92 Å². The molecule has 0 bridgehead atoms. The van der Waals surface area contributed by atoms with Crippen molar-refractivity contribution in [3.63, 3.8) is 0 Å². The Labute approximate surface area is 156 Å². The van der Waals surface area contributed by atoms with Crippen LogP contribution in [0.15, 0.2) is 54.6 Å². The zero-order valence-corrected chi connectivity index (χ0v) is 15.5. The van der Waals surface area contributed by atoms with Crippen LogP contribution in [0, 0.1) is 5.92 Å². The first kappa shape index (κ1) is 18.9. The monoisotopic (exact) mass is 355 g/mol. The summed E-state index contributed by atoms with van der Waals surface area (Å²) in [6.45, 7) is 3.42. The maximum absolute atomic E-state index is 10.4. The highest BCUT2D eigenvalue weighted by Gasteiger charge is 2.25. The van der Waals surface area contributed by atoms with E-state index in [1.165, 1.54) is 18.4 Å². The van der Waals surface area contributed by atoms with Crippen molar-refractivity contribution in [2.45, 2.75) is 32.1 Å². The molecule has 0 spiro atoms. The fourth-order valence-electron chi connectivity index (χ4n) is 3.10. The molecule has 4 nitrogen and oxygen atoms in total. The molecule has 1 fully saturated rings. The minimum absolute atomic E-state index is 0.360. The van der Waals surface area contributed by atoms with Crippen LogP contribution in [0.3, 0.4) is 0 Å². The lowest BCUT2D eigenvalue weighted by Crippen LogP contribution is -2.35. The topological polar surface area (TPSA) is 41.9 Å². The first-order valence-electron chi connectivity index (χ1n) is 9.38. The minimum atomic E-state index is -0.476. The molecule has 0 radical (unpaired) electrons. The third-order valence-electron chi connectivity index (χ3n) is 4.67. The Bertz CT molecular complexity index is 640. The van der Waals surface area contributed by atoms with Crippen LogP contribution in [0.1, 0.15) is 24.0 Å². The molecule has 0 aliphatic heterocycles. The van der Waals surface area contributed by atoms with E-state index in [4.69, 9.17) is 9.47 Å². The number of nitrogens with zero attached hydrogens (tertiary/aromatic N) is 1. The van der Waals surface area contributed by atoms with E-state index in [9.17, 15) is 5.11 Å². The molecule has 2 aromatic carbocycles. The molecule has 1 N–H and O–H groups in total. The van der Waals surface area contributed by atoms with Crippen molar-refractivity contribution in [3.05, 3.63) is 65.7 Å². The van der Waals surface area contributed by atoms with E-state index in [2.05, 4.69) is 17.0 Å². The second-order valence-corrected chi connectivity index (χ2v) is 7.14. The third kappa shape index (κ3) is 6.45. The number of hydrogen-bond acceptors (Lipinski definition) is 4. The summed E-state index contributed by atoms with van der Waals surface area (Å²) in [6, 6.07) is 18.2. The van der Waals surface area contributed by atoms with Crippen LogP contribution in [-0.4, -0.2) is 42.9 Å². The second kappa shape index (κ2) is 9.72. The van der Waals surface area contributed by atoms with E-state index in [0.717, 1.165) is 30.3 Å². The number of aliphatic hydroxyl groups excluding tert-OH is 1. The summed E-state index contributed by atoms with van der Waals surface area (Å²) in [7, 11) is 1.68. The normalized spacial score (nSPS) is 15.2. The Kier molecular flexibility index (Phi) is 7.06. The molecular formula is C22H29NO3. The molecule has 1 atom stereocenters. The largest absolute Gasteiger partial charge is 0.497 e. The van der Waals surface area contributed by atoms with Gasteiger partial charge in [0.1, 0.15) is 5.75 Å². The van der Waals surface area contributed by atoms with E-state index in [1.54, 1.807) is 7.11 Å². The standard InChI is InChI=1S/C22H29NO3/c1-25-22-11-9-19(10-12-22)14-23(13-18-7-8-18)15-21(24)17-26-16-20-5-3-2-4-6-20/h2-6,9-12,18,21,24H,7-8,13-17H2,1H3/t21-/m0/s1. The van der Waals surface area contributed by atoms with Gasteiger partial charge in [-0.25, -0.2) is 0 Å². The molecule has 140 valence electrons. The molecule has 0 saturated heterocycles. The van der Waals surface area contributed by atoms with Gasteiger partial charge in [0.15, 0.2) is 0 Å². The zero-order valence-electron chi connectivity index (χ0n) is 15.5. The SMILES string of the molecule is COc1ccc(CN(CC2CC2)C[C@H](O)COCc2ccccc2)cc1. The van der Waals surface area contributed by atoms with Gasteiger partial charge in [-0.1, -0.05) is 42.5 Å². The predicted molar refractivity (Wildman–Crippen MR) is 103 cm³/mol. The summed E-state index contributed by atoms with van der Waals surface area (Å²) in [4.78, 5) is 2.34. The third-order valence-corrected chi connectivity index (χ3v) is 4.67. The number of ether oxygens (including phenoxy) is 2. The van der Waals surface area contributed by atoms with Gasteiger partial charge in [-0.15, -0.1) is 0 Å². The molecule has 0 aromatic heterocycles. The Morgan fingerprint density at radius 3 is 2.42 bits per heavy atom. The number of benzene rings is 2. The van der Waals surface area contributed by atoms with Crippen molar-refractivity contribution in [1.29, 1.82) is 0 Å². The van der Waals surface area contributed by atoms with Crippen molar-refractivity contribution < 1.29 is 14.6 Å². The summed E-state index contributed by atoms with van der Waals surface area (Å²) in [5.41, 5.74) is 2.37. The van der Waals surface area contributed by atoms with Gasteiger partial charge >= 0.3 is 0 Å². The average molecular weight is 355 g/mol. The van der Waals surface area contributed by atoms with Gasteiger partial charge in [-0.2, -0.15) is 0 Å². The Hall–Kier alpha value is -1.88. The summed E-state index contributed by atoms with van der Waals surface area (Å²) < 4.78 is 10.9. The summed E-state index contributed by atoms with van der Waals surface area (Å²) in [5.74, 6) is 1.66. The van der Waals surface area contributed by atoms with E-state index < -0.39 is 6.10 Å². The van der Waals surface area contributed by atoms with E-state index in [-0.39, 0.29) is 0 Å². The number of hydrogen-bond donors (Lipinski definition) is 1. The van der Waals surface area contributed by atoms with Crippen molar-refractivity contribution >= 4 is 0 Å². The van der Waals surface area contributed by atoms with Gasteiger partial charge < -0.3 is 14.6 Å². The van der Waals surface area contributed by atoms with Crippen molar-refractivity contribution in [2.75, 3.05) is 26.8 Å². The fraction of sp³-hybridized carbons (Fsp3) is 0.455. The van der Waals surface area contributed by atoms with Crippen molar-refractivity contribution in [3.8, 4) is 5.75 Å². The lowest BCUT2D eigenvalue weighted by atomic mass is 10.2. The highest BCUT2D eigenvalue weighted by Crippen LogP contribution is 2.30. The molecular weight excluding hydrogens is 326 g/mol. The second-order valence-electron chi connectivity index (χ2n) is 7.14. The Balaban J connectivity index is 1.46. The van der Waals surface area contributed by atoms with E-state index in [0.29, 0.717) is 19.8 Å². The van der Waals surface area contributed by atoms with Crippen LogP contribution in [0.4, 0.5) is 0 Å². The number of aliphatic hydroxyl groups is 1. The van der Waals surface area contributed by atoms with Crippen LogP contribution < -0.4 is 4.74 Å². The lowest BCUT2D eigenvalue weighted by molar-refractivity contribution is 0.00780. The molecule has 3 rings (SSSR count). The van der Waals surface area contributed by atoms with Crippen LogP contribution in [0.25, 0.3) is 0 Å². The first-order chi connectivity index (χ1) is 12.7. The molecule has 0 unspecified atom stereocenters. The number of rotatable bonds is 11. The summed E-state index contributed by atoms with van der Waals surface area (Å²) in [6.07, 6.45) is 2.13. The van der Waals surface area contributed by atoms with E-state index in [1.807, 2.05) is 42.5 Å². The highest BCUT2D eigenvalue weighted by atomic mass is 16.5. The maximum Gasteiger partial charge on any atom is 0.118 e. The molecule has 1 aliphatic rings. The smallest absolute Gasteiger partial charge is 0.118 e. The molecule has 0 amide bonds. The maximum atomic E-state index is 10.4. The molecule has 4 heteroatoms. The van der Waals surface area contributed by atoms with Gasteiger partial charge in [-0.3, -0.25) is 4.90 Å². The van der Waals surface area contributed by atoms with Crippen molar-refractivity contribution in [1.82, 2.24) is 4.90 Å². The molecule has 2 aromatic rings. The summed E-state index contributed by atoms with van der Waals surface area (Å²) >= 11 is 0.